The van der Waals surface area contributed by atoms with Crippen LogP contribution in [0.5, 0.6) is 11.5 Å². The first-order chi connectivity index (χ1) is 10.6. The minimum absolute atomic E-state index is 0.311. The molecule has 0 bridgehead atoms. The molecule has 1 aromatic rings. The number of carbonyl (C=O) groups is 1. The lowest BCUT2D eigenvalue weighted by Gasteiger charge is -2.18. The molecular formula is C16H23N3O3. The predicted octanol–water partition coefficient (Wildman–Crippen LogP) is 1.88. The molecule has 0 spiro atoms. The SMILES string of the molecule is C=CC(=O)Nc1cc(N)c(OC)cc1OCCN1CCCC1. The van der Waals surface area contributed by atoms with Crippen LogP contribution in [-0.4, -0.2) is 44.2 Å². The molecule has 0 aliphatic carbocycles. The van der Waals surface area contributed by atoms with Gasteiger partial charge in [0.1, 0.15) is 18.1 Å². The monoisotopic (exact) mass is 305 g/mol. The summed E-state index contributed by atoms with van der Waals surface area (Å²) in [6.07, 6.45) is 3.70. The highest BCUT2D eigenvalue weighted by atomic mass is 16.5. The second-order valence-corrected chi connectivity index (χ2v) is 5.18. The van der Waals surface area contributed by atoms with E-state index in [0.29, 0.717) is 29.5 Å². The summed E-state index contributed by atoms with van der Waals surface area (Å²) in [5, 5.41) is 2.70. The molecule has 1 aromatic carbocycles. The van der Waals surface area contributed by atoms with E-state index in [9.17, 15) is 4.79 Å². The Balaban J connectivity index is 2.07. The zero-order valence-electron chi connectivity index (χ0n) is 12.9. The van der Waals surface area contributed by atoms with Gasteiger partial charge in [0.05, 0.1) is 18.5 Å². The van der Waals surface area contributed by atoms with Crippen LogP contribution in [-0.2, 0) is 4.79 Å². The minimum atomic E-state index is -0.311. The van der Waals surface area contributed by atoms with Crippen molar-refractivity contribution in [3.8, 4) is 11.5 Å². The lowest BCUT2D eigenvalue weighted by molar-refractivity contribution is -0.111. The van der Waals surface area contributed by atoms with E-state index in [1.165, 1.54) is 18.9 Å². The molecule has 0 saturated carbocycles. The fourth-order valence-electron chi connectivity index (χ4n) is 2.45. The fourth-order valence-corrected chi connectivity index (χ4v) is 2.45. The molecule has 2 rings (SSSR count). The van der Waals surface area contributed by atoms with Crippen LogP contribution in [0.25, 0.3) is 0 Å². The molecule has 1 saturated heterocycles. The number of anilines is 2. The lowest BCUT2D eigenvalue weighted by atomic mass is 10.2. The fraction of sp³-hybridized carbons (Fsp3) is 0.438. The molecule has 0 atom stereocenters. The Morgan fingerprint density at radius 1 is 1.41 bits per heavy atom. The van der Waals surface area contributed by atoms with Crippen molar-refractivity contribution < 1.29 is 14.3 Å². The van der Waals surface area contributed by atoms with Crippen molar-refractivity contribution in [3.63, 3.8) is 0 Å². The van der Waals surface area contributed by atoms with Crippen molar-refractivity contribution in [3.05, 3.63) is 24.8 Å². The number of nitrogens with two attached hydrogens (primary N) is 1. The van der Waals surface area contributed by atoms with Crippen LogP contribution in [0.15, 0.2) is 24.8 Å². The van der Waals surface area contributed by atoms with Gasteiger partial charge in [-0.1, -0.05) is 6.58 Å². The summed E-state index contributed by atoms with van der Waals surface area (Å²) >= 11 is 0. The van der Waals surface area contributed by atoms with Crippen LogP contribution in [0, 0.1) is 0 Å². The first-order valence-electron chi connectivity index (χ1n) is 7.40. The van der Waals surface area contributed by atoms with Crippen molar-refractivity contribution in [2.75, 3.05) is 44.4 Å². The van der Waals surface area contributed by atoms with Crippen molar-refractivity contribution >= 4 is 17.3 Å². The number of nitrogen functional groups attached to an aromatic ring is 1. The van der Waals surface area contributed by atoms with E-state index in [2.05, 4.69) is 16.8 Å². The number of methoxy groups -OCH3 is 1. The molecule has 1 aliphatic heterocycles. The second-order valence-electron chi connectivity index (χ2n) is 5.18. The molecule has 0 unspecified atom stereocenters. The number of hydrogen-bond donors (Lipinski definition) is 2. The Hall–Kier alpha value is -2.21. The van der Waals surface area contributed by atoms with Gasteiger partial charge < -0.3 is 20.5 Å². The first kappa shape index (κ1) is 16.2. The topological polar surface area (TPSA) is 76.8 Å². The molecule has 0 aromatic heterocycles. The summed E-state index contributed by atoms with van der Waals surface area (Å²) in [6, 6.07) is 3.32. The summed E-state index contributed by atoms with van der Waals surface area (Å²) in [4.78, 5) is 13.9. The summed E-state index contributed by atoms with van der Waals surface area (Å²) in [5.74, 6) is 0.752. The molecule has 6 nitrogen and oxygen atoms in total. The number of ether oxygens (including phenoxy) is 2. The number of carbonyl (C=O) groups excluding carboxylic acids is 1. The third-order valence-electron chi connectivity index (χ3n) is 3.64. The first-order valence-corrected chi connectivity index (χ1v) is 7.40. The smallest absolute Gasteiger partial charge is 0.247 e. The van der Waals surface area contributed by atoms with Crippen molar-refractivity contribution in [1.82, 2.24) is 4.90 Å². The number of rotatable bonds is 7. The van der Waals surface area contributed by atoms with Crippen molar-refractivity contribution in [2.24, 2.45) is 0 Å². The number of hydrogen-bond acceptors (Lipinski definition) is 5. The highest BCUT2D eigenvalue weighted by molar-refractivity contribution is 6.00. The Labute approximate surface area is 130 Å². The highest BCUT2D eigenvalue weighted by Gasteiger charge is 2.14. The van der Waals surface area contributed by atoms with Gasteiger partial charge in [-0.3, -0.25) is 9.69 Å². The largest absolute Gasteiger partial charge is 0.494 e. The van der Waals surface area contributed by atoms with Gasteiger partial charge in [0, 0.05) is 12.6 Å². The third kappa shape index (κ3) is 4.14. The molecule has 6 heteroatoms. The van der Waals surface area contributed by atoms with E-state index < -0.39 is 0 Å². The van der Waals surface area contributed by atoms with Gasteiger partial charge in [0.15, 0.2) is 0 Å². The van der Waals surface area contributed by atoms with Gasteiger partial charge in [0.25, 0.3) is 0 Å². The molecular weight excluding hydrogens is 282 g/mol. The van der Waals surface area contributed by atoms with Gasteiger partial charge in [-0.2, -0.15) is 0 Å². The van der Waals surface area contributed by atoms with Crippen LogP contribution in [0.1, 0.15) is 12.8 Å². The molecule has 22 heavy (non-hydrogen) atoms. The molecule has 1 amide bonds. The average Bonchev–Trinajstić information content (AvgIpc) is 3.02. The lowest BCUT2D eigenvalue weighted by Crippen LogP contribution is -2.25. The van der Waals surface area contributed by atoms with Crippen LogP contribution < -0.4 is 20.5 Å². The molecule has 120 valence electrons. The predicted molar refractivity (Wildman–Crippen MR) is 87.4 cm³/mol. The van der Waals surface area contributed by atoms with Gasteiger partial charge in [0.2, 0.25) is 5.91 Å². The van der Waals surface area contributed by atoms with Crippen LogP contribution >= 0.6 is 0 Å². The quantitative estimate of drug-likeness (QED) is 0.594. The summed E-state index contributed by atoms with van der Waals surface area (Å²) < 4.78 is 11.0. The van der Waals surface area contributed by atoms with Gasteiger partial charge in [-0.15, -0.1) is 0 Å². The van der Waals surface area contributed by atoms with Crippen LogP contribution in [0.4, 0.5) is 11.4 Å². The van der Waals surface area contributed by atoms with Crippen molar-refractivity contribution in [2.45, 2.75) is 12.8 Å². The van der Waals surface area contributed by atoms with Crippen LogP contribution in [0.2, 0.25) is 0 Å². The average molecular weight is 305 g/mol. The minimum Gasteiger partial charge on any atom is -0.494 e. The second kappa shape index (κ2) is 7.70. The number of likely N-dealkylation sites (tertiary alicyclic amines) is 1. The summed E-state index contributed by atoms with van der Waals surface area (Å²) in [6.45, 7) is 7.09. The van der Waals surface area contributed by atoms with Crippen molar-refractivity contribution in [1.29, 1.82) is 0 Å². The van der Waals surface area contributed by atoms with Gasteiger partial charge in [-0.25, -0.2) is 0 Å². The van der Waals surface area contributed by atoms with E-state index in [1.54, 1.807) is 19.2 Å². The Morgan fingerprint density at radius 3 is 2.77 bits per heavy atom. The normalized spacial score (nSPS) is 14.6. The van der Waals surface area contributed by atoms with Crippen LogP contribution in [0.3, 0.4) is 0 Å². The maximum atomic E-state index is 11.5. The van der Waals surface area contributed by atoms with Gasteiger partial charge >= 0.3 is 0 Å². The number of amides is 1. The number of nitrogens with one attached hydrogen (secondary N) is 1. The van der Waals surface area contributed by atoms with E-state index in [-0.39, 0.29) is 5.91 Å². The van der Waals surface area contributed by atoms with E-state index in [1.807, 2.05) is 0 Å². The maximum absolute atomic E-state index is 11.5. The van der Waals surface area contributed by atoms with Gasteiger partial charge in [-0.05, 0) is 38.1 Å². The summed E-state index contributed by atoms with van der Waals surface area (Å²) in [7, 11) is 1.54. The Kier molecular flexibility index (Phi) is 5.66. The Bertz CT molecular complexity index is 540. The van der Waals surface area contributed by atoms with E-state index in [0.717, 1.165) is 19.6 Å². The molecule has 1 aliphatic rings. The molecule has 1 heterocycles. The molecule has 1 fully saturated rings. The highest BCUT2D eigenvalue weighted by Crippen LogP contribution is 2.34. The van der Waals surface area contributed by atoms with E-state index in [4.69, 9.17) is 15.2 Å². The molecule has 0 radical (unpaired) electrons. The van der Waals surface area contributed by atoms with E-state index >= 15 is 0 Å². The third-order valence-corrected chi connectivity index (χ3v) is 3.64. The number of nitrogens with zero attached hydrogens (tertiary/aromatic N) is 1. The maximum Gasteiger partial charge on any atom is 0.247 e. The Morgan fingerprint density at radius 2 is 2.14 bits per heavy atom. The summed E-state index contributed by atoms with van der Waals surface area (Å²) in [5.41, 5.74) is 6.84. The standard InChI is InChI=1S/C16H23N3O3/c1-3-16(20)18-13-10-12(17)14(21-2)11-15(13)22-9-8-19-6-4-5-7-19/h3,10-11H,1,4-9,17H2,2H3,(H,18,20). The zero-order chi connectivity index (χ0) is 15.9. The molecule has 3 N–H and O–H groups in total. The number of benzene rings is 1. The zero-order valence-corrected chi connectivity index (χ0v) is 12.9.